The van der Waals surface area contributed by atoms with Crippen LogP contribution in [0, 0.1) is 5.92 Å². The summed E-state index contributed by atoms with van der Waals surface area (Å²) in [4.78, 5) is 16.1. The van der Waals surface area contributed by atoms with Gasteiger partial charge in [-0.1, -0.05) is 16.9 Å². The number of hydrogen-bond donors (Lipinski definition) is 1. The van der Waals surface area contributed by atoms with Crippen LogP contribution in [-0.4, -0.2) is 48.2 Å². The molecule has 26 heavy (non-hydrogen) atoms. The van der Waals surface area contributed by atoms with Crippen LogP contribution in [0.5, 0.6) is 5.95 Å². The van der Waals surface area contributed by atoms with E-state index in [1.165, 1.54) is 24.6 Å². The highest BCUT2D eigenvalue weighted by Crippen LogP contribution is 2.32. The fraction of sp³-hybridized carbons (Fsp3) is 0.474. The fourth-order valence-electron chi connectivity index (χ4n) is 3.96. The summed E-state index contributed by atoms with van der Waals surface area (Å²) in [5, 5.41) is 7.91. The van der Waals surface area contributed by atoms with E-state index in [2.05, 4.69) is 22.3 Å². The lowest BCUT2D eigenvalue weighted by molar-refractivity contribution is 0.0217. The number of benzene rings is 1. The van der Waals surface area contributed by atoms with Gasteiger partial charge in [-0.2, -0.15) is 0 Å². The van der Waals surface area contributed by atoms with Crippen molar-refractivity contribution in [3.8, 4) is 5.95 Å². The van der Waals surface area contributed by atoms with Crippen LogP contribution in [0.2, 0.25) is 0 Å². The molecule has 3 saturated heterocycles. The lowest BCUT2D eigenvalue weighted by Crippen LogP contribution is -2.62. The topological polar surface area (TPSA) is 67.6 Å². The Bertz CT molecular complexity index is 767. The lowest BCUT2D eigenvalue weighted by atomic mass is 9.79. The highest BCUT2D eigenvalue weighted by molar-refractivity contribution is 7.99. The Hall–Kier alpha value is -1.99. The summed E-state index contributed by atoms with van der Waals surface area (Å²) < 4.78 is 9.99. The summed E-state index contributed by atoms with van der Waals surface area (Å²) in [6.07, 6.45) is 2.37. The van der Waals surface area contributed by atoms with Crippen molar-refractivity contribution in [2.45, 2.75) is 41.8 Å². The number of carbonyl (C=O) groups excluding carboxylic acids is 1. The summed E-state index contributed by atoms with van der Waals surface area (Å²) in [7, 11) is 1.54. The fourth-order valence-corrected chi connectivity index (χ4v) is 4.71. The van der Waals surface area contributed by atoms with E-state index in [9.17, 15) is 4.79 Å². The second kappa shape index (κ2) is 7.32. The molecule has 1 aromatic heterocycles. The molecule has 1 N–H and O–H groups in total. The Morgan fingerprint density at radius 2 is 2.04 bits per heavy atom. The van der Waals surface area contributed by atoms with Gasteiger partial charge in [-0.05, 0) is 63.0 Å². The van der Waals surface area contributed by atoms with Crippen molar-refractivity contribution in [2.24, 2.45) is 5.92 Å². The first-order valence-electron chi connectivity index (χ1n) is 8.97. The monoisotopic (exact) mass is 373 g/mol. The van der Waals surface area contributed by atoms with Crippen molar-refractivity contribution in [1.29, 1.82) is 0 Å². The maximum Gasteiger partial charge on any atom is 0.312 e. The number of nitrogens with zero attached hydrogens (tertiary/aromatic N) is 2. The summed E-state index contributed by atoms with van der Waals surface area (Å²) in [5.41, 5.74) is 0.690. The minimum absolute atomic E-state index is 0.00950. The number of nitrogens with one attached hydrogen (secondary N) is 1. The Balaban J connectivity index is 1.39. The molecule has 3 aliphatic rings. The van der Waals surface area contributed by atoms with Crippen LogP contribution in [0.15, 0.2) is 44.8 Å². The number of hydrogen-bond acceptors (Lipinski definition) is 6. The number of rotatable bonds is 5. The standard InChI is InChI=1S/C19H23N3O3S/c1-12-18(13-7-9-22(12)10-8-13)20-19(23)14-3-5-15(6-4-14)26-16-11-17(24-2)25-21-16/h3-6,11-13,18H,7-10H2,1-2H3,(H,20,23). The third kappa shape index (κ3) is 3.46. The molecule has 138 valence electrons. The van der Waals surface area contributed by atoms with Crippen LogP contribution in [0.25, 0.3) is 0 Å². The first-order valence-corrected chi connectivity index (χ1v) is 9.79. The molecule has 6 nitrogen and oxygen atoms in total. The van der Waals surface area contributed by atoms with E-state index in [1.807, 2.05) is 24.3 Å². The number of amides is 1. The number of fused-ring (bicyclic) bond motifs is 3. The van der Waals surface area contributed by atoms with Crippen LogP contribution in [-0.2, 0) is 0 Å². The number of methoxy groups -OCH3 is 1. The maximum atomic E-state index is 12.7. The second-order valence-electron chi connectivity index (χ2n) is 6.93. The first-order chi connectivity index (χ1) is 12.6. The third-order valence-corrected chi connectivity index (χ3v) is 6.39. The average Bonchev–Trinajstić information content (AvgIpc) is 3.13. The van der Waals surface area contributed by atoms with Gasteiger partial charge in [0.05, 0.1) is 13.2 Å². The summed E-state index contributed by atoms with van der Waals surface area (Å²) in [5.74, 6) is 1.00. The van der Waals surface area contributed by atoms with Gasteiger partial charge in [-0.3, -0.25) is 9.69 Å². The number of aromatic nitrogens is 1. The molecule has 0 spiro atoms. The van der Waals surface area contributed by atoms with E-state index < -0.39 is 0 Å². The van der Waals surface area contributed by atoms with Gasteiger partial charge in [0, 0.05) is 22.5 Å². The molecule has 0 radical (unpaired) electrons. The summed E-state index contributed by atoms with van der Waals surface area (Å²) in [6, 6.07) is 9.99. The van der Waals surface area contributed by atoms with Crippen LogP contribution in [0.3, 0.4) is 0 Å². The van der Waals surface area contributed by atoms with Crippen LogP contribution in [0.1, 0.15) is 30.1 Å². The molecule has 0 aliphatic carbocycles. The van der Waals surface area contributed by atoms with Gasteiger partial charge in [0.2, 0.25) is 0 Å². The molecule has 1 aromatic carbocycles. The van der Waals surface area contributed by atoms with Gasteiger partial charge in [-0.15, -0.1) is 0 Å². The van der Waals surface area contributed by atoms with Gasteiger partial charge < -0.3 is 14.6 Å². The average molecular weight is 373 g/mol. The van der Waals surface area contributed by atoms with Gasteiger partial charge in [-0.25, -0.2) is 0 Å². The van der Waals surface area contributed by atoms with E-state index >= 15 is 0 Å². The number of carbonyl (C=O) groups is 1. The quantitative estimate of drug-likeness (QED) is 0.869. The lowest BCUT2D eigenvalue weighted by Gasteiger charge is -2.49. The van der Waals surface area contributed by atoms with Crippen molar-refractivity contribution in [3.63, 3.8) is 0 Å². The number of ether oxygens (including phenoxy) is 1. The largest absolute Gasteiger partial charge is 0.467 e. The molecule has 2 atom stereocenters. The van der Waals surface area contributed by atoms with Crippen LogP contribution >= 0.6 is 11.8 Å². The SMILES string of the molecule is COc1cc(Sc2ccc(C(=O)NC3C4CCN(CC4)C3C)cc2)no1. The van der Waals surface area contributed by atoms with Crippen LogP contribution < -0.4 is 10.1 Å². The van der Waals surface area contributed by atoms with Gasteiger partial charge in [0.15, 0.2) is 0 Å². The predicted octanol–water partition coefficient (Wildman–Crippen LogP) is 3.05. The Morgan fingerprint density at radius 1 is 1.31 bits per heavy atom. The van der Waals surface area contributed by atoms with E-state index in [0.29, 0.717) is 23.5 Å². The first kappa shape index (κ1) is 17.4. The minimum Gasteiger partial charge on any atom is -0.467 e. The van der Waals surface area contributed by atoms with Crippen molar-refractivity contribution < 1.29 is 14.1 Å². The van der Waals surface area contributed by atoms with Gasteiger partial charge in [0.25, 0.3) is 5.91 Å². The van der Waals surface area contributed by atoms with Gasteiger partial charge >= 0.3 is 5.95 Å². The minimum atomic E-state index is 0.00950. The second-order valence-corrected chi connectivity index (χ2v) is 8.02. The Kier molecular flexibility index (Phi) is 4.91. The normalized spacial score (nSPS) is 27.3. The molecule has 1 amide bonds. The molecule has 2 unspecified atom stereocenters. The molecular weight excluding hydrogens is 350 g/mol. The molecule has 2 bridgehead atoms. The summed E-state index contributed by atoms with van der Waals surface area (Å²) >= 11 is 1.47. The van der Waals surface area contributed by atoms with E-state index in [-0.39, 0.29) is 11.9 Å². The molecule has 7 heteroatoms. The number of piperidine rings is 3. The van der Waals surface area contributed by atoms with Crippen molar-refractivity contribution in [1.82, 2.24) is 15.4 Å². The third-order valence-electron chi connectivity index (χ3n) is 5.48. The van der Waals surface area contributed by atoms with Crippen molar-refractivity contribution in [2.75, 3.05) is 20.2 Å². The Morgan fingerprint density at radius 3 is 2.65 bits per heavy atom. The van der Waals surface area contributed by atoms with Crippen molar-refractivity contribution >= 4 is 17.7 Å². The maximum absolute atomic E-state index is 12.7. The zero-order valence-electron chi connectivity index (χ0n) is 15.0. The molecular formula is C19H23N3O3S. The predicted molar refractivity (Wildman–Crippen MR) is 98.6 cm³/mol. The van der Waals surface area contributed by atoms with E-state index in [1.54, 1.807) is 13.2 Å². The molecule has 3 aliphatic heterocycles. The van der Waals surface area contributed by atoms with Gasteiger partial charge in [0.1, 0.15) is 5.03 Å². The molecule has 2 aromatic rings. The van der Waals surface area contributed by atoms with E-state index in [4.69, 9.17) is 9.26 Å². The molecule has 3 fully saturated rings. The summed E-state index contributed by atoms with van der Waals surface area (Å²) in [6.45, 7) is 4.55. The van der Waals surface area contributed by atoms with Crippen LogP contribution in [0.4, 0.5) is 0 Å². The highest BCUT2D eigenvalue weighted by atomic mass is 32.2. The van der Waals surface area contributed by atoms with E-state index in [0.717, 1.165) is 23.0 Å². The smallest absolute Gasteiger partial charge is 0.312 e. The Labute approximate surface area is 157 Å². The molecule has 4 heterocycles. The molecule has 5 rings (SSSR count). The zero-order valence-corrected chi connectivity index (χ0v) is 15.8. The molecule has 0 saturated carbocycles. The van der Waals surface area contributed by atoms with Crippen molar-refractivity contribution in [3.05, 3.63) is 35.9 Å². The highest BCUT2D eigenvalue weighted by Gasteiger charge is 2.40. The zero-order chi connectivity index (χ0) is 18.1.